The van der Waals surface area contributed by atoms with E-state index in [4.69, 9.17) is 4.74 Å². The molecule has 3 nitrogen and oxygen atoms in total. The van der Waals surface area contributed by atoms with Crippen molar-refractivity contribution in [2.45, 2.75) is 38.3 Å². The Labute approximate surface area is 95.0 Å². The molecule has 1 saturated heterocycles. The molecule has 3 heteroatoms. The van der Waals surface area contributed by atoms with Gasteiger partial charge in [0.2, 0.25) is 5.91 Å². The molecule has 1 amide bonds. The van der Waals surface area contributed by atoms with Crippen LogP contribution in [0.25, 0.3) is 0 Å². The number of carbonyl (C=O) groups is 1. The highest BCUT2D eigenvalue weighted by Crippen LogP contribution is 2.49. The molecule has 0 aliphatic carbocycles. The Kier molecular flexibility index (Phi) is 1.96. The maximum Gasteiger partial charge on any atom is 0.230 e. The third-order valence-electron chi connectivity index (χ3n) is 3.43. The van der Waals surface area contributed by atoms with Gasteiger partial charge in [-0.3, -0.25) is 9.69 Å². The molecule has 2 aliphatic heterocycles. The highest BCUT2D eigenvalue weighted by molar-refractivity contribution is 5.99. The van der Waals surface area contributed by atoms with Crippen molar-refractivity contribution in [2.24, 2.45) is 0 Å². The molecular formula is C13H15NO2. The summed E-state index contributed by atoms with van der Waals surface area (Å²) in [6.45, 7) is 2.13. The van der Waals surface area contributed by atoms with Gasteiger partial charge in [0.1, 0.15) is 5.75 Å². The van der Waals surface area contributed by atoms with Gasteiger partial charge in [-0.1, -0.05) is 25.5 Å². The number of carbonyl (C=O) groups excluding carboxylic acids is 1. The number of rotatable bonds is 2. The number of fused-ring (bicyclic) bond motifs is 3. The summed E-state index contributed by atoms with van der Waals surface area (Å²) in [7, 11) is 0. The van der Waals surface area contributed by atoms with Crippen LogP contribution in [-0.4, -0.2) is 11.6 Å². The number of hydrogen-bond donors (Lipinski definition) is 0. The summed E-state index contributed by atoms with van der Waals surface area (Å²) in [4.78, 5) is 13.8. The Balaban J connectivity index is 2.08. The summed E-state index contributed by atoms with van der Waals surface area (Å²) in [5, 5.41) is 0. The Morgan fingerprint density at radius 1 is 1.44 bits per heavy atom. The van der Waals surface area contributed by atoms with Crippen molar-refractivity contribution < 1.29 is 9.53 Å². The minimum Gasteiger partial charge on any atom is -0.465 e. The van der Waals surface area contributed by atoms with Gasteiger partial charge >= 0.3 is 0 Å². The molecule has 1 aromatic carbocycles. The van der Waals surface area contributed by atoms with Gasteiger partial charge in [-0.2, -0.15) is 0 Å². The van der Waals surface area contributed by atoms with Crippen LogP contribution in [0.3, 0.4) is 0 Å². The molecule has 1 aromatic rings. The number of benzene rings is 1. The highest BCUT2D eigenvalue weighted by Gasteiger charge is 2.52. The Bertz CT molecular complexity index is 443. The largest absolute Gasteiger partial charge is 0.465 e. The monoisotopic (exact) mass is 217 g/mol. The molecule has 3 rings (SSSR count). The minimum atomic E-state index is -0.379. The fraction of sp³-hybridized carbons (Fsp3) is 0.462. The fourth-order valence-electron chi connectivity index (χ4n) is 2.82. The predicted molar refractivity (Wildman–Crippen MR) is 61.4 cm³/mol. The second-order valence-corrected chi connectivity index (χ2v) is 4.50. The van der Waals surface area contributed by atoms with Crippen molar-refractivity contribution in [1.29, 1.82) is 0 Å². The van der Waals surface area contributed by atoms with Crippen molar-refractivity contribution in [2.75, 3.05) is 4.90 Å². The van der Waals surface area contributed by atoms with Crippen LogP contribution in [0.2, 0.25) is 0 Å². The lowest BCUT2D eigenvalue weighted by Crippen LogP contribution is -2.46. The van der Waals surface area contributed by atoms with Gasteiger partial charge in [0.05, 0.1) is 5.69 Å². The second-order valence-electron chi connectivity index (χ2n) is 4.50. The second kappa shape index (κ2) is 3.24. The topological polar surface area (TPSA) is 29.5 Å². The Hall–Kier alpha value is -1.51. The van der Waals surface area contributed by atoms with E-state index < -0.39 is 0 Å². The molecule has 0 saturated carbocycles. The summed E-state index contributed by atoms with van der Waals surface area (Å²) in [5.74, 6) is 1.04. The van der Waals surface area contributed by atoms with E-state index in [0.717, 1.165) is 30.7 Å². The van der Waals surface area contributed by atoms with Crippen LogP contribution in [0, 0.1) is 0 Å². The third kappa shape index (κ3) is 1.11. The zero-order chi connectivity index (χ0) is 11.2. The van der Waals surface area contributed by atoms with Gasteiger partial charge in [-0.25, -0.2) is 0 Å². The summed E-state index contributed by atoms with van der Waals surface area (Å²) in [6, 6.07) is 7.81. The number of para-hydroxylation sites is 2. The molecule has 0 N–H and O–H groups in total. The van der Waals surface area contributed by atoms with Crippen LogP contribution < -0.4 is 9.64 Å². The number of amides is 1. The van der Waals surface area contributed by atoms with Gasteiger partial charge in [-0.15, -0.1) is 0 Å². The molecule has 1 fully saturated rings. The lowest BCUT2D eigenvalue weighted by molar-refractivity contribution is -0.117. The molecule has 0 bridgehead atoms. The number of nitrogens with zero attached hydrogens (tertiary/aromatic N) is 1. The molecular weight excluding hydrogens is 202 g/mol. The molecule has 2 aliphatic rings. The van der Waals surface area contributed by atoms with E-state index >= 15 is 0 Å². The molecule has 1 atom stereocenters. The number of ether oxygens (including phenoxy) is 1. The molecule has 0 spiro atoms. The Morgan fingerprint density at radius 2 is 2.25 bits per heavy atom. The molecule has 0 aromatic heterocycles. The van der Waals surface area contributed by atoms with Gasteiger partial charge in [0, 0.05) is 19.3 Å². The van der Waals surface area contributed by atoms with E-state index in [1.165, 1.54) is 0 Å². The minimum absolute atomic E-state index is 0.193. The van der Waals surface area contributed by atoms with Gasteiger partial charge in [0.15, 0.2) is 5.72 Å². The smallest absolute Gasteiger partial charge is 0.230 e. The first-order valence-electron chi connectivity index (χ1n) is 5.88. The lowest BCUT2D eigenvalue weighted by Gasteiger charge is -2.30. The van der Waals surface area contributed by atoms with E-state index in [2.05, 4.69) is 6.92 Å². The van der Waals surface area contributed by atoms with Gasteiger partial charge in [-0.05, 0) is 12.1 Å². The van der Waals surface area contributed by atoms with Crippen molar-refractivity contribution in [3.05, 3.63) is 24.3 Å². The van der Waals surface area contributed by atoms with Crippen LogP contribution in [0.15, 0.2) is 24.3 Å². The SMILES string of the molecule is CCCC12CCC(=O)N1c1ccccc1O2. The summed E-state index contributed by atoms with van der Waals surface area (Å²) in [5.41, 5.74) is 0.564. The number of hydrogen-bond acceptors (Lipinski definition) is 2. The van der Waals surface area contributed by atoms with Crippen LogP contribution >= 0.6 is 0 Å². The van der Waals surface area contributed by atoms with E-state index in [9.17, 15) is 4.79 Å². The molecule has 2 heterocycles. The van der Waals surface area contributed by atoms with Crippen molar-refractivity contribution in [3.8, 4) is 5.75 Å². The maximum absolute atomic E-state index is 11.9. The van der Waals surface area contributed by atoms with E-state index in [1.54, 1.807) is 0 Å². The summed E-state index contributed by atoms with van der Waals surface area (Å²) in [6.07, 6.45) is 3.36. The zero-order valence-electron chi connectivity index (χ0n) is 9.40. The quantitative estimate of drug-likeness (QED) is 0.762. The van der Waals surface area contributed by atoms with E-state index in [1.807, 2.05) is 29.2 Å². The van der Waals surface area contributed by atoms with Crippen LogP contribution in [0.5, 0.6) is 5.75 Å². The van der Waals surface area contributed by atoms with Gasteiger partial charge < -0.3 is 4.74 Å². The highest BCUT2D eigenvalue weighted by atomic mass is 16.5. The molecule has 1 unspecified atom stereocenters. The molecule has 16 heavy (non-hydrogen) atoms. The average Bonchev–Trinajstić information content (AvgIpc) is 2.75. The van der Waals surface area contributed by atoms with Crippen molar-refractivity contribution >= 4 is 11.6 Å². The first-order valence-corrected chi connectivity index (χ1v) is 5.88. The summed E-state index contributed by atoms with van der Waals surface area (Å²) < 4.78 is 6.03. The van der Waals surface area contributed by atoms with Crippen LogP contribution in [-0.2, 0) is 4.79 Å². The van der Waals surface area contributed by atoms with Crippen molar-refractivity contribution in [3.63, 3.8) is 0 Å². The van der Waals surface area contributed by atoms with E-state index in [-0.39, 0.29) is 11.6 Å². The Morgan fingerprint density at radius 3 is 3.06 bits per heavy atom. The predicted octanol–water partition coefficient (Wildman–Crippen LogP) is 2.70. The first-order chi connectivity index (χ1) is 7.77. The average molecular weight is 217 g/mol. The maximum atomic E-state index is 11.9. The number of anilines is 1. The zero-order valence-corrected chi connectivity index (χ0v) is 9.40. The van der Waals surface area contributed by atoms with Crippen LogP contribution in [0.4, 0.5) is 5.69 Å². The molecule has 84 valence electrons. The van der Waals surface area contributed by atoms with Crippen LogP contribution in [0.1, 0.15) is 32.6 Å². The fourth-order valence-corrected chi connectivity index (χ4v) is 2.82. The molecule has 0 radical (unpaired) electrons. The summed E-state index contributed by atoms with van der Waals surface area (Å²) >= 11 is 0. The third-order valence-corrected chi connectivity index (χ3v) is 3.43. The normalized spacial score (nSPS) is 26.6. The van der Waals surface area contributed by atoms with E-state index in [0.29, 0.717) is 6.42 Å². The van der Waals surface area contributed by atoms with Crippen molar-refractivity contribution in [1.82, 2.24) is 0 Å². The first kappa shape index (κ1) is 9.70. The lowest BCUT2D eigenvalue weighted by atomic mass is 10.1. The standard InChI is InChI=1S/C13H15NO2/c1-2-8-13-9-7-12(15)14(13)10-5-3-4-6-11(10)16-13/h3-6H,2,7-9H2,1H3. The van der Waals surface area contributed by atoms with Gasteiger partial charge in [0.25, 0.3) is 0 Å².